The molecule has 0 N–H and O–H groups in total. The molecule has 3 aromatic rings. The molecule has 0 spiro atoms. The van der Waals surface area contributed by atoms with Crippen molar-refractivity contribution in [2.24, 2.45) is 5.41 Å². The van der Waals surface area contributed by atoms with Crippen molar-refractivity contribution in [2.45, 2.75) is 59.8 Å². The van der Waals surface area contributed by atoms with Gasteiger partial charge in [-0.05, 0) is 67.6 Å². The van der Waals surface area contributed by atoms with Gasteiger partial charge in [0.05, 0.1) is 12.7 Å². The Hall–Kier alpha value is -3.08. The first-order valence-corrected chi connectivity index (χ1v) is 11.5. The summed E-state index contributed by atoms with van der Waals surface area (Å²) in [5.74, 6) is 1.70. The van der Waals surface area contributed by atoms with E-state index in [1.54, 1.807) is 6.07 Å². The van der Waals surface area contributed by atoms with Gasteiger partial charge in [-0.1, -0.05) is 39.8 Å². The van der Waals surface area contributed by atoms with E-state index in [2.05, 4.69) is 19.1 Å². The summed E-state index contributed by atoms with van der Waals surface area (Å²) >= 11 is 0. The lowest BCUT2D eigenvalue weighted by Crippen LogP contribution is -2.26. The summed E-state index contributed by atoms with van der Waals surface area (Å²) in [5, 5.41) is 0.911. The number of hydrogen-bond donors (Lipinski definition) is 0. The van der Waals surface area contributed by atoms with Crippen molar-refractivity contribution in [1.82, 2.24) is 0 Å². The summed E-state index contributed by atoms with van der Waals surface area (Å²) in [6.45, 7) is 9.96. The lowest BCUT2D eigenvalue weighted by molar-refractivity contribution is -0.128. The molecule has 1 aromatic heterocycles. The van der Waals surface area contributed by atoms with Crippen LogP contribution >= 0.6 is 0 Å². The molecule has 0 saturated heterocycles. The molecule has 0 aliphatic rings. The minimum atomic E-state index is -0.402. The highest BCUT2D eigenvalue weighted by molar-refractivity contribution is 5.94. The summed E-state index contributed by atoms with van der Waals surface area (Å²) in [6.07, 6.45) is 2.81. The number of benzene rings is 2. The summed E-state index contributed by atoms with van der Waals surface area (Å²) in [6, 6.07) is 13.5. The minimum absolute atomic E-state index is 0.0845. The fourth-order valence-electron chi connectivity index (χ4n) is 3.79. The average molecular weight is 451 g/mol. The Morgan fingerprint density at radius 2 is 1.82 bits per heavy atom. The molecule has 1 unspecified atom stereocenters. The van der Waals surface area contributed by atoms with E-state index in [-0.39, 0.29) is 24.3 Å². The molecule has 0 saturated carbocycles. The van der Waals surface area contributed by atoms with Crippen LogP contribution in [0.1, 0.15) is 73.7 Å². The van der Waals surface area contributed by atoms with E-state index in [9.17, 15) is 9.59 Å². The molecular formula is C28H34O5. The van der Waals surface area contributed by atoms with Crippen molar-refractivity contribution >= 4 is 22.7 Å². The third-order valence-electron chi connectivity index (χ3n) is 6.07. The smallest absolute Gasteiger partial charge is 0.337 e. The molecule has 0 fully saturated rings. The van der Waals surface area contributed by atoms with Crippen molar-refractivity contribution in [3.05, 3.63) is 64.9 Å². The van der Waals surface area contributed by atoms with Crippen LogP contribution in [0.2, 0.25) is 0 Å². The topological polar surface area (TPSA) is 65.7 Å². The van der Waals surface area contributed by atoms with Crippen LogP contribution in [-0.4, -0.2) is 25.5 Å². The monoisotopic (exact) mass is 450 g/mol. The second kappa shape index (κ2) is 10.2. The lowest BCUT2D eigenvalue weighted by Gasteiger charge is -2.18. The van der Waals surface area contributed by atoms with E-state index in [1.807, 2.05) is 52.0 Å². The molecule has 1 atom stereocenters. The normalized spacial score (nSPS) is 12.5. The summed E-state index contributed by atoms with van der Waals surface area (Å²) in [5.41, 5.74) is 3.15. The van der Waals surface area contributed by atoms with Gasteiger partial charge in [-0.15, -0.1) is 0 Å². The summed E-state index contributed by atoms with van der Waals surface area (Å²) in [4.78, 5) is 23.9. The third kappa shape index (κ3) is 6.04. The van der Waals surface area contributed by atoms with Crippen molar-refractivity contribution in [2.75, 3.05) is 13.7 Å². The predicted molar refractivity (Wildman–Crippen MR) is 130 cm³/mol. The second-order valence-corrected chi connectivity index (χ2v) is 9.60. The molecule has 0 amide bonds. The van der Waals surface area contributed by atoms with Gasteiger partial charge in [0, 0.05) is 16.7 Å². The van der Waals surface area contributed by atoms with Crippen LogP contribution < -0.4 is 4.74 Å². The van der Waals surface area contributed by atoms with Gasteiger partial charge in [-0.3, -0.25) is 4.79 Å². The SMILES string of the molecule is CCC(CCc1ccc(OCC(=O)C(C)(C)C)c(C)c1)c1cc2cc(C(=O)OC)ccc2o1. The van der Waals surface area contributed by atoms with Crippen molar-refractivity contribution in [1.29, 1.82) is 0 Å². The maximum atomic E-state index is 12.1. The van der Waals surface area contributed by atoms with Crippen molar-refractivity contribution in [3.63, 3.8) is 0 Å². The molecule has 0 bridgehead atoms. The average Bonchev–Trinajstić information content (AvgIpc) is 3.20. The molecule has 1 heterocycles. The number of ether oxygens (including phenoxy) is 2. The first-order valence-electron chi connectivity index (χ1n) is 11.5. The largest absolute Gasteiger partial charge is 0.486 e. The zero-order chi connectivity index (χ0) is 24.2. The molecule has 0 aliphatic carbocycles. The van der Waals surface area contributed by atoms with Gasteiger partial charge in [0.1, 0.15) is 23.7 Å². The molecular weight excluding hydrogens is 416 g/mol. The van der Waals surface area contributed by atoms with Gasteiger partial charge in [0.25, 0.3) is 0 Å². The van der Waals surface area contributed by atoms with Gasteiger partial charge in [0.2, 0.25) is 0 Å². The fourth-order valence-corrected chi connectivity index (χ4v) is 3.79. The Labute approximate surface area is 196 Å². The Kier molecular flexibility index (Phi) is 7.62. The molecule has 3 rings (SSSR count). The number of rotatable bonds is 9. The fraction of sp³-hybridized carbons (Fsp3) is 0.429. The molecule has 33 heavy (non-hydrogen) atoms. The van der Waals surface area contributed by atoms with Crippen LogP contribution in [0.5, 0.6) is 5.75 Å². The highest BCUT2D eigenvalue weighted by atomic mass is 16.5. The van der Waals surface area contributed by atoms with Crippen LogP contribution in [-0.2, 0) is 16.0 Å². The van der Waals surface area contributed by atoms with Gasteiger partial charge >= 0.3 is 5.97 Å². The zero-order valence-corrected chi connectivity index (χ0v) is 20.5. The maximum Gasteiger partial charge on any atom is 0.337 e. The number of esters is 1. The number of aryl methyl sites for hydroxylation is 2. The molecule has 5 nitrogen and oxygen atoms in total. The van der Waals surface area contributed by atoms with Gasteiger partial charge in [-0.25, -0.2) is 4.79 Å². The summed E-state index contributed by atoms with van der Waals surface area (Å²) in [7, 11) is 1.38. The van der Waals surface area contributed by atoms with Crippen molar-refractivity contribution < 1.29 is 23.5 Å². The number of carbonyl (C=O) groups excluding carboxylic acids is 2. The highest BCUT2D eigenvalue weighted by Gasteiger charge is 2.22. The first-order chi connectivity index (χ1) is 15.6. The number of fused-ring (bicyclic) bond motifs is 1. The highest BCUT2D eigenvalue weighted by Crippen LogP contribution is 2.32. The van der Waals surface area contributed by atoms with Crippen LogP contribution in [0.15, 0.2) is 46.9 Å². The third-order valence-corrected chi connectivity index (χ3v) is 6.07. The Morgan fingerprint density at radius 3 is 2.45 bits per heavy atom. The number of methoxy groups -OCH3 is 1. The predicted octanol–water partition coefficient (Wildman–Crippen LogP) is 6.65. The van der Waals surface area contributed by atoms with Crippen LogP contribution in [0.4, 0.5) is 0 Å². The molecule has 176 valence electrons. The standard InChI is InChI=1S/C28H34O5/c1-7-20(25-16-22-15-21(27(30)31-6)11-13-24(22)33-25)10-8-19-9-12-23(18(2)14-19)32-17-26(29)28(3,4)5/h9,11-16,20H,7-8,10,17H2,1-6H3. The molecule has 5 heteroatoms. The Morgan fingerprint density at radius 1 is 1.06 bits per heavy atom. The van der Waals surface area contributed by atoms with Gasteiger partial charge in [-0.2, -0.15) is 0 Å². The Bertz CT molecular complexity index is 1130. The molecule has 2 aromatic carbocycles. The minimum Gasteiger partial charge on any atom is -0.486 e. The number of furan rings is 1. The van der Waals surface area contributed by atoms with Crippen LogP contribution in [0, 0.1) is 12.3 Å². The van der Waals surface area contributed by atoms with E-state index in [1.165, 1.54) is 12.7 Å². The number of Topliss-reactive ketones (excluding diaryl/α,β-unsaturated/α-hetero) is 1. The van der Waals surface area contributed by atoms with Crippen molar-refractivity contribution in [3.8, 4) is 5.75 Å². The number of ketones is 1. The quantitative estimate of drug-likeness (QED) is 0.342. The van der Waals surface area contributed by atoms with Crippen LogP contribution in [0.25, 0.3) is 11.0 Å². The zero-order valence-electron chi connectivity index (χ0n) is 20.5. The maximum absolute atomic E-state index is 12.1. The van der Waals surface area contributed by atoms with Gasteiger partial charge in [0.15, 0.2) is 5.78 Å². The molecule has 0 radical (unpaired) electrons. The Balaban J connectivity index is 1.66. The number of carbonyl (C=O) groups is 2. The second-order valence-electron chi connectivity index (χ2n) is 9.60. The van der Waals surface area contributed by atoms with E-state index < -0.39 is 5.41 Å². The lowest BCUT2D eigenvalue weighted by atomic mass is 9.91. The molecule has 0 aliphatic heterocycles. The van der Waals surface area contributed by atoms with E-state index >= 15 is 0 Å². The van der Waals surface area contributed by atoms with Crippen LogP contribution in [0.3, 0.4) is 0 Å². The first kappa shape index (κ1) is 24.6. The summed E-state index contributed by atoms with van der Waals surface area (Å²) < 4.78 is 16.7. The number of hydrogen-bond acceptors (Lipinski definition) is 5. The van der Waals surface area contributed by atoms with E-state index in [0.29, 0.717) is 5.56 Å². The van der Waals surface area contributed by atoms with E-state index in [0.717, 1.165) is 47.3 Å². The van der Waals surface area contributed by atoms with E-state index in [4.69, 9.17) is 13.9 Å². The van der Waals surface area contributed by atoms with Gasteiger partial charge < -0.3 is 13.9 Å².